The number of benzene rings is 1. The van der Waals surface area contributed by atoms with E-state index in [9.17, 15) is 22.8 Å². The molecule has 1 aromatic rings. The van der Waals surface area contributed by atoms with Crippen LogP contribution in [0.2, 0.25) is 0 Å². The maximum Gasteiger partial charge on any atom is 0.317 e. The van der Waals surface area contributed by atoms with Gasteiger partial charge in [0.1, 0.15) is 5.82 Å². The zero-order chi connectivity index (χ0) is 22.8. The second-order valence-corrected chi connectivity index (χ2v) is 8.90. The summed E-state index contributed by atoms with van der Waals surface area (Å²) in [4.78, 5) is 28.6. The van der Waals surface area contributed by atoms with Crippen LogP contribution >= 0.6 is 0 Å². The molecular formula is C22H29F3N4O3. The monoisotopic (exact) mass is 454 g/mol. The minimum atomic E-state index is -1.22. The molecule has 3 amide bonds. The van der Waals surface area contributed by atoms with Crippen molar-refractivity contribution < 1.29 is 27.5 Å². The number of morpholine rings is 1. The normalized spacial score (nSPS) is 26.2. The van der Waals surface area contributed by atoms with E-state index < -0.39 is 23.5 Å². The molecule has 4 rings (SSSR count). The highest BCUT2D eigenvalue weighted by molar-refractivity contribution is 5.84. The van der Waals surface area contributed by atoms with Crippen molar-refractivity contribution >= 4 is 11.9 Å². The van der Waals surface area contributed by atoms with Crippen molar-refractivity contribution in [3.63, 3.8) is 0 Å². The number of nitrogens with zero attached hydrogens (tertiary/aromatic N) is 2. The molecule has 3 heterocycles. The number of halogens is 3. The summed E-state index contributed by atoms with van der Waals surface area (Å²) < 4.78 is 45.9. The lowest BCUT2D eigenvalue weighted by atomic mass is 9.82. The summed E-state index contributed by atoms with van der Waals surface area (Å²) in [5.74, 6) is -3.17. The minimum Gasteiger partial charge on any atom is -0.378 e. The molecule has 0 aliphatic carbocycles. The van der Waals surface area contributed by atoms with Crippen molar-refractivity contribution in [2.24, 2.45) is 11.7 Å². The van der Waals surface area contributed by atoms with Crippen molar-refractivity contribution in [2.75, 3.05) is 32.8 Å². The Balaban J connectivity index is 1.31. The van der Waals surface area contributed by atoms with E-state index in [0.29, 0.717) is 45.2 Å². The van der Waals surface area contributed by atoms with Gasteiger partial charge in [-0.3, -0.25) is 4.79 Å². The Labute approximate surface area is 185 Å². The van der Waals surface area contributed by atoms with Crippen molar-refractivity contribution in [3.8, 4) is 0 Å². The second kappa shape index (κ2) is 9.66. The zero-order valence-electron chi connectivity index (χ0n) is 17.9. The number of fused-ring (bicyclic) bond motifs is 2. The summed E-state index contributed by atoms with van der Waals surface area (Å²) in [6.45, 7) is 1.95. The number of amides is 3. The van der Waals surface area contributed by atoms with Gasteiger partial charge >= 0.3 is 6.03 Å². The van der Waals surface area contributed by atoms with Crippen molar-refractivity contribution in [3.05, 3.63) is 35.1 Å². The Morgan fingerprint density at radius 3 is 2.34 bits per heavy atom. The first kappa shape index (κ1) is 22.8. The Hall–Kier alpha value is -2.33. The predicted octanol–water partition coefficient (Wildman–Crippen LogP) is 1.79. The van der Waals surface area contributed by atoms with Crippen LogP contribution in [0.25, 0.3) is 0 Å². The van der Waals surface area contributed by atoms with Gasteiger partial charge in [0.25, 0.3) is 0 Å². The largest absolute Gasteiger partial charge is 0.378 e. The van der Waals surface area contributed by atoms with Crippen LogP contribution in [0, 0.1) is 23.4 Å². The van der Waals surface area contributed by atoms with Crippen LogP contribution in [0.5, 0.6) is 0 Å². The molecule has 0 radical (unpaired) electrons. The summed E-state index contributed by atoms with van der Waals surface area (Å²) in [5.41, 5.74) is 6.40. The summed E-state index contributed by atoms with van der Waals surface area (Å²) >= 11 is 0. The van der Waals surface area contributed by atoms with Gasteiger partial charge in [-0.05, 0) is 49.7 Å². The maximum atomic E-state index is 14.0. The molecule has 32 heavy (non-hydrogen) atoms. The summed E-state index contributed by atoms with van der Waals surface area (Å²) in [6.07, 6.45) is 3.17. The molecule has 2 unspecified atom stereocenters. The third-order valence-corrected chi connectivity index (χ3v) is 6.90. The van der Waals surface area contributed by atoms with Gasteiger partial charge < -0.3 is 25.6 Å². The fourth-order valence-electron chi connectivity index (χ4n) is 5.24. The molecule has 0 spiro atoms. The standard InChI is InChI=1S/C22H29F3N4O3/c23-17-11-19(25)18(24)9-13(17)10-20(26)14-7-15-1-2-16(8-14)29(15)21(30)12-27-22(31)28-3-5-32-6-4-28/h9,11,14-16,20H,1-8,10,12,26H2,(H,27,31)/t14?,15?,16?,20-/m1/s1. The molecule has 1 aromatic carbocycles. The van der Waals surface area contributed by atoms with Gasteiger partial charge in [0.2, 0.25) is 5.91 Å². The van der Waals surface area contributed by atoms with E-state index >= 15 is 0 Å². The number of nitrogens with one attached hydrogen (secondary N) is 1. The average Bonchev–Trinajstić information content (AvgIpc) is 3.05. The summed E-state index contributed by atoms with van der Waals surface area (Å²) in [5, 5.41) is 2.71. The van der Waals surface area contributed by atoms with E-state index in [-0.39, 0.29) is 48.5 Å². The van der Waals surface area contributed by atoms with Crippen LogP contribution in [0.1, 0.15) is 31.2 Å². The van der Waals surface area contributed by atoms with Crippen molar-refractivity contribution in [1.29, 1.82) is 0 Å². The Bertz CT molecular complexity index is 851. The Morgan fingerprint density at radius 1 is 1.06 bits per heavy atom. The van der Waals surface area contributed by atoms with Gasteiger partial charge in [0, 0.05) is 37.3 Å². The third kappa shape index (κ3) is 4.85. The lowest BCUT2D eigenvalue weighted by Crippen LogP contribution is -2.54. The van der Waals surface area contributed by atoms with Crippen LogP contribution in [-0.2, 0) is 16.0 Å². The number of hydrogen-bond donors (Lipinski definition) is 2. The van der Waals surface area contributed by atoms with E-state index in [1.54, 1.807) is 4.90 Å². The number of hydrogen-bond acceptors (Lipinski definition) is 4. The lowest BCUT2D eigenvalue weighted by molar-refractivity contribution is -0.135. The lowest BCUT2D eigenvalue weighted by Gasteiger charge is -2.41. The van der Waals surface area contributed by atoms with Crippen LogP contribution in [0.3, 0.4) is 0 Å². The molecule has 3 fully saturated rings. The highest BCUT2D eigenvalue weighted by Crippen LogP contribution is 2.40. The molecule has 0 aromatic heterocycles. The van der Waals surface area contributed by atoms with Gasteiger partial charge in [0.15, 0.2) is 11.6 Å². The second-order valence-electron chi connectivity index (χ2n) is 8.90. The molecular weight excluding hydrogens is 425 g/mol. The number of nitrogens with two attached hydrogens (primary N) is 1. The number of carbonyl (C=O) groups excluding carboxylic acids is 2. The van der Waals surface area contributed by atoms with Crippen LogP contribution in [0.15, 0.2) is 12.1 Å². The van der Waals surface area contributed by atoms with Crippen molar-refractivity contribution in [1.82, 2.24) is 15.1 Å². The average molecular weight is 454 g/mol. The first-order valence-corrected chi connectivity index (χ1v) is 11.1. The third-order valence-electron chi connectivity index (χ3n) is 6.90. The number of ether oxygens (including phenoxy) is 1. The van der Waals surface area contributed by atoms with Crippen molar-refractivity contribution in [2.45, 2.75) is 50.2 Å². The topological polar surface area (TPSA) is 87.9 Å². The van der Waals surface area contributed by atoms with Gasteiger partial charge in [-0.1, -0.05) is 0 Å². The molecule has 3 saturated heterocycles. The predicted molar refractivity (Wildman–Crippen MR) is 110 cm³/mol. The van der Waals surface area contributed by atoms with Crippen LogP contribution in [-0.4, -0.2) is 72.7 Å². The smallest absolute Gasteiger partial charge is 0.317 e. The van der Waals surface area contributed by atoms with Crippen LogP contribution in [0.4, 0.5) is 18.0 Å². The SMILES string of the molecule is N[C@H](Cc1cc(F)c(F)cc1F)C1CC2CCC(C1)N2C(=O)CNC(=O)N1CCOCC1. The van der Waals surface area contributed by atoms with E-state index in [1.165, 1.54) is 0 Å². The van der Waals surface area contributed by atoms with Gasteiger partial charge in [-0.15, -0.1) is 0 Å². The Morgan fingerprint density at radius 2 is 1.69 bits per heavy atom. The van der Waals surface area contributed by atoms with E-state index in [0.717, 1.165) is 18.9 Å². The highest BCUT2D eigenvalue weighted by Gasteiger charge is 2.44. The summed E-state index contributed by atoms with van der Waals surface area (Å²) in [6, 6.07) is 0.776. The first-order chi connectivity index (χ1) is 15.3. The van der Waals surface area contributed by atoms with Gasteiger partial charge in [-0.25, -0.2) is 18.0 Å². The molecule has 3 N–H and O–H groups in total. The number of rotatable bonds is 5. The number of piperidine rings is 1. The van der Waals surface area contributed by atoms with Gasteiger partial charge in [0.05, 0.1) is 19.8 Å². The number of carbonyl (C=O) groups is 2. The van der Waals surface area contributed by atoms with E-state index in [4.69, 9.17) is 10.5 Å². The van der Waals surface area contributed by atoms with E-state index in [2.05, 4.69) is 5.32 Å². The van der Waals surface area contributed by atoms with E-state index in [1.807, 2.05) is 4.90 Å². The molecule has 3 atom stereocenters. The van der Waals surface area contributed by atoms with Gasteiger partial charge in [-0.2, -0.15) is 0 Å². The molecule has 2 bridgehead atoms. The molecule has 3 aliphatic heterocycles. The first-order valence-electron chi connectivity index (χ1n) is 11.1. The van der Waals surface area contributed by atoms with Crippen LogP contribution < -0.4 is 11.1 Å². The summed E-state index contributed by atoms with van der Waals surface area (Å²) in [7, 11) is 0. The highest BCUT2D eigenvalue weighted by atomic mass is 19.2. The molecule has 10 heteroatoms. The molecule has 7 nitrogen and oxygen atoms in total. The maximum absolute atomic E-state index is 14.0. The zero-order valence-corrected chi connectivity index (χ0v) is 17.9. The number of urea groups is 1. The molecule has 176 valence electrons. The minimum absolute atomic E-state index is 0.0207. The molecule has 0 saturated carbocycles. The Kier molecular flexibility index (Phi) is 6.90. The quantitative estimate of drug-likeness (QED) is 0.664. The fraction of sp³-hybridized carbons (Fsp3) is 0.636. The fourth-order valence-corrected chi connectivity index (χ4v) is 5.24. The molecule has 3 aliphatic rings.